The largest absolute Gasteiger partial charge is 0.409 e. The van der Waals surface area contributed by atoms with Crippen molar-refractivity contribution in [3.05, 3.63) is 24.3 Å². The molecule has 2 aliphatic heterocycles. The van der Waals surface area contributed by atoms with Gasteiger partial charge in [0, 0.05) is 13.1 Å². The second kappa shape index (κ2) is 7.50. The number of benzene rings is 1. The number of rotatable bonds is 2. The van der Waals surface area contributed by atoms with Crippen LogP contribution >= 0.6 is 0 Å². The van der Waals surface area contributed by atoms with Crippen molar-refractivity contribution < 1.29 is 22.8 Å². The lowest BCUT2D eigenvalue weighted by Crippen LogP contribution is -2.53. The second-order valence-corrected chi connectivity index (χ2v) is 7.73. The number of fused-ring (bicyclic) bond motifs is 1. The normalized spacial score (nSPS) is 26.9. The smallest absolute Gasteiger partial charge is 0.324 e. The van der Waals surface area contributed by atoms with Gasteiger partial charge >= 0.3 is 6.18 Å². The van der Waals surface area contributed by atoms with Crippen molar-refractivity contribution in [1.29, 1.82) is 0 Å². The number of halogens is 3. The molecule has 2 heterocycles. The fraction of sp³-hybridized carbons (Fsp3) is 0.579. The molecule has 0 spiro atoms. The van der Waals surface area contributed by atoms with Gasteiger partial charge in [0.1, 0.15) is 6.04 Å². The summed E-state index contributed by atoms with van der Waals surface area (Å²) in [6.07, 6.45) is -4.47. The van der Waals surface area contributed by atoms with Gasteiger partial charge in [0.15, 0.2) is 0 Å². The first kappa shape index (κ1) is 19.7. The van der Waals surface area contributed by atoms with Crippen molar-refractivity contribution in [1.82, 2.24) is 4.90 Å². The highest BCUT2D eigenvalue weighted by molar-refractivity contribution is 6.05. The molecule has 3 atom stereocenters. The molecule has 8 heteroatoms. The van der Waals surface area contributed by atoms with E-state index in [4.69, 9.17) is 0 Å². The molecule has 3 unspecified atom stereocenters. The first-order chi connectivity index (χ1) is 12.6. The standard InChI is InChI=1S/C19H24F3N3O2/c1-12-7-13(2)10-24(9-12)11-18(27)25-15-6-4-3-5-14(15)23-17(26)8-16(25)19(20,21)22/h3-6,12-13,16H,7-11H2,1-2H3,(H,23,26). The summed E-state index contributed by atoms with van der Waals surface area (Å²) in [5.74, 6) is -0.609. The molecule has 1 aromatic rings. The highest BCUT2D eigenvalue weighted by Crippen LogP contribution is 2.37. The van der Waals surface area contributed by atoms with Gasteiger partial charge in [0.05, 0.1) is 24.3 Å². The Kier molecular flexibility index (Phi) is 5.46. The quantitative estimate of drug-likeness (QED) is 0.853. The Morgan fingerprint density at radius 2 is 1.81 bits per heavy atom. The monoisotopic (exact) mass is 383 g/mol. The number of piperidine rings is 1. The van der Waals surface area contributed by atoms with Crippen LogP contribution < -0.4 is 10.2 Å². The van der Waals surface area contributed by atoms with Crippen LogP contribution in [-0.4, -0.2) is 48.6 Å². The molecule has 27 heavy (non-hydrogen) atoms. The van der Waals surface area contributed by atoms with Gasteiger partial charge in [-0.15, -0.1) is 0 Å². The molecule has 2 amide bonds. The van der Waals surface area contributed by atoms with Gasteiger partial charge in [0.25, 0.3) is 0 Å². The van der Waals surface area contributed by atoms with Gasteiger partial charge in [-0.25, -0.2) is 0 Å². The topological polar surface area (TPSA) is 52.7 Å². The van der Waals surface area contributed by atoms with Gasteiger partial charge in [-0.05, 0) is 30.4 Å². The average Bonchev–Trinajstić information content (AvgIpc) is 2.69. The van der Waals surface area contributed by atoms with Crippen LogP contribution in [0.25, 0.3) is 0 Å². The van der Waals surface area contributed by atoms with E-state index in [-0.39, 0.29) is 17.9 Å². The Morgan fingerprint density at radius 3 is 2.44 bits per heavy atom. The Labute approximate surface area is 156 Å². The SMILES string of the molecule is CC1CC(C)CN(CC(=O)N2c3ccccc3NC(=O)CC2C(F)(F)F)C1. The van der Waals surface area contributed by atoms with Gasteiger partial charge in [-0.3, -0.25) is 19.4 Å². The van der Waals surface area contributed by atoms with Crippen molar-refractivity contribution >= 4 is 23.2 Å². The van der Waals surface area contributed by atoms with Crippen LogP contribution in [0.2, 0.25) is 0 Å². The third kappa shape index (κ3) is 4.43. The summed E-state index contributed by atoms with van der Waals surface area (Å²) in [6.45, 7) is 5.42. The summed E-state index contributed by atoms with van der Waals surface area (Å²) >= 11 is 0. The number of anilines is 2. The van der Waals surface area contributed by atoms with Crippen molar-refractivity contribution in [3.63, 3.8) is 0 Å². The second-order valence-electron chi connectivity index (χ2n) is 7.73. The van der Waals surface area contributed by atoms with Gasteiger partial charge in [-0.2, -0.15) is 13.2 Å². The molecule has 0 saturated carbocycles. The summed E-state index contributed by atoms with van der Waals surface area (Å²) in [6, 6.07) is 3.96. The van der Waals surface area contributed by atoms with Crippen molar-refractivity contribution in [3.8, 4) is 0 Å². The molecule has 5 nitrogen and oxygen atoms in total. The number of hydrogen-bond acceptors (Lipinski definition) is 3. The molecule has 1 saturated heterocycles. The maximum Gasteiger partial charge on any atom is 0.409 e. The van der Waals surface area contributed by atoms with Crippen molar-refractivity contribution in [2.75, 3.05) is 29.9 Å². The zero-order chi connectivity index (χ0) is 19.8. The molecule has 0 aliphatic carbocycles. The number of carbonyl (C=O) groups is 2. The minimum atomic E-state index is -4.70. The summed E-state index contributed by atoms with van der Waals surface area (Å²) in [7, 11) is 0. The van der Waals surface area contributed by atoms with E-state index in [1.54, 1.807) is 12.1 Å². The number of nitrogens with zero attached hydrogens (tertiary/aromatic N) is 2. The Morgan fingerprint density at radius 1 is 1.19 bits per heavy atom. The summed E-state index contributed by atoms with van der Waals surface area (Å²) in [5, 5.41) is 2.48. The Balaban J connectivity index is 1.93. The zero-order valence-corrected chi connectivity index (χ0v) is 15.4. The average molecular weight is 383 g/mol. The zero-order valence-electron chi connectivity index (χ0n) is 15.4. The number of amides is 2. The summed E-state index contributed by atoms with van der Waals surface area (Å²) in [4.78, 5) is 27.7. The predicted octanol–water partition coefficient (Wildman–Crippen LogP) is 3.27. The summed E-state index contributed by atoms with van der Waals surface area (Å²) in [5.41, 5.74) is 0.316. The molecule has 2 aliphatic rings. The van der Waals surface area contributed by atoms with Gasteiger partial charge < -0.3 is 5.32 Å². The van der Waals surface area contributed by atoms with E-state index in [9.17, 15) is 22.8 Å². The predicted molar refractivity (Wildman–Crippen MR) is 96.4 cm³/mol. The third-order valence-corrected chi connectivity index (χ3v) is 5.08. The number of para-hydroxylation sites is 2. The molecule has 0 bridgehead atoms. The molecule has 1 N–H and O–H groups in total. The minimum Gasteiger partial charge on any atom is -0.324 e. The van der Waals surface area contributed by atoms with E-state index in [0.29, 0.717) is 24.9 Å². The highest BCUT2D eigenvalue weighted by Gasteiger charge is 2.49. The summed E-state index contributed by atoms with van der Waals surface area (Å²) < 4.78 is 41.1. The molecule has 148 valence electrons. The fourth-order valence-electron chi connectivity index (χ4n) is 4.18. The molecule has 0 radical (unpaired) electrons. The van der Waals surface area contributed by atoms with Gasteiger partial charge in [-0.1, -0.05) is 26.0 Å². The van der Waals surface area contributed by atoms with E-state index >= 15 is 0 Å². The Hall–Kier alpha value is -2.09. The first-order valence-corrected chi connectivity index (χ1v) is 9.15. The molecular formula is C19H24F3N3O2. The van der Waals surface area contributed by atoms with Crippen molar-refractivity contribution in [2.24, 2.45) is 11.8 Å². The van der Waals surface area contributed by atoms with E-state index < -0.39 is 30.5 Å². The molecule has 1 fully saturated rings. The molecule has 3 rings (SSSR count). The maximum atomic E-state index is 13.7. The molecule has 1 aromatic carbocycles. The lowest BCUT2D eigenvalue weighted by Gasteiger charge is -2.37. The van der Waals surface area contributed by atoms with E-state index in [2.05, 4.69) is 19.2 Å². The lowest BCUT2D eigenvalue weighted by molar-refractivity contribution is -0.158. The van der Waals surface area contributed by atoms with Crippen LogP contribution in [0, 0.1) is 11.8 Å². The maximum absolute atomic E-state index is 13.7. The van der Waals surface area contributed by atoms with Crippen LogP contribution in [0.5, 0.6) is 0 Å². The van der Waals surface area contributed by atoms with Crippen LogP contribution in [-0.2, 0) is 9.59 Å². The van der Waals surface area contributed by atoms with E-state index in [0.717, 1.165) is 11.3 Å². The first-order valence-electron chi connectivity index (χ1n) is 9.15. The Bertz CT molecular complexity index is 712. The van der Waals surface area contributed by atoms with Crippen LogP contribution in [0.1, 0.15) is 26.7 Å². The lowest BCUT2D eigenvalue weighted by atomic mass is 9.92. The van der Waals surface area contributed by atoms with E-state index in [1.807, 2.05) is 4.90 Å². The molecular weight excluding hydrogens is 359 g/mol. The third-order valence-electron chi connectivity index (χ3n) is 5.08. The van der Waals surface area contributed by atoms with Crippen LogP contribution in [0.15, 0.2) is 24.3 Å². The number of hydrogen-bond donors (Lipinski definition) is 1. The van der Waals surface area contributed by atoms with E-state index in [1.165, 1.54) is 12.1 Å². The van der Waals surface area contributed by atoms with Crippen molar-refractivity contribution in [2.45, 2.75) is 38.9 Å². The number of likely N-dealkylation sites (tertiary alicyclic amines) is 1. The fourth-order valence-corrected chi connectivity index (χ4v) is 4.18. The number of nitrogens with one attached hydrogen (secondary N) is 1. The number of carbonyl (C=O) groups excluding carboxylic acids is 2. The number of alkyl halides is 3. The van der Waals surface area contributed by atoms with Gasteiger partial charge in [0.2, 0.25) is 11.8 Å². The van der Waals surface area contributed by atoms with Crippen LogP contribution in [0.3, 0.4) is 0 Å². The highest BCUT2D eigenvalue weighted by atomic mass is 19.4. The molecule has 0 aromatic heterocycles. The minimum absolute atomic E-state index is 0.0915. The van der Waals surface area contributed by atoms with Crippen LogP contribution in [0.4, 0.5) is 24.5 Å².